The first-order chi connectivity index (χ1) is 9.66. The van der Waals surface area contributed by atoms with Crippen molar-refractivity contribution in [1.29, 1.82) is 0 Å². The van der Waals surface area contributed by atoms with E-state index in [-0.39, 0.29) is 0 Å². The zero-order valence-electron chi connectivity index (χ0n) is 11.7. The van der Waals surface area contributed by atoms with E-state index in [1.807, 2.05) is 62.4 Å². The van der Waals surface area contributed by atoms with Crippen LogP contribution in [0.15, 0.2) is 54.7 Å². The third kappa shape index (κ3) is 2.19. The van der Waals surface area contributed by atoms with Crippen LogP contribution < -0.4 is 0 Å². The van der Waals surface area contributed by atoms with Gasteiger partial charge in [-0.25, -0.2) is 0 Å². The lowest BCUT2D eigenvalue weighted by Crippen LogP contribution is -2.05. The number of hydrogen-bond donors (Lipinski definition) is 1. The Kier molecular flexibility index (Phi) is 3.25. The average molecular weight is 263 g/mol. The highest BCUT2D eigenvalue weighted by Crippen LogP contribution is 2.28. The number of aliphatic hydroxyl groups is 1. The number of benzene rings is 2. The molecule has 0 saturated carbocycles. The molecule has 1 aromatic heterocycles. The normalized spacial score (nSPS) is 12.6. The third-order valence-electron chi connectivity index (χ3n) is 3.74. The molecule has 3 rings (SSSR count). The molecular formula is C18H17NO. The second-order valence-electron chi connectivity index (χ2n) is 5.17. The lowest BCUT2D eigenvalue weighted by atomic mass is 9.94. The minimum Gasteiger partial charge on any atom is -0.384 e. The Morgan fingerprint density at radius 3 is 2.40 bits per heavy atom. The van der Waals surface area contributed by atoms with E-state index in [0.717, 1.165) is 33.2 Å². The van der Waals surface area contributed by atoms with Gasteiger partial charge in [0, 0.05) is 17.1 Å². The Balaban J connectivity index is 2.10. The molecule has 0 fully saturated rings. The van der Waals surface area contributed by atoms with E-state index in [1.54, 1.807) is 6.20 Å². The summed E-state index contributed by atoms with van der Waals surface area (Å²) < 4.78 is 0. The summed E-state index contributed by atoms with van der Waals surface area (Å²) in [4.78, 5) is 4.43. The van der Waals surface area contributed by atoms with Crippen LogP contribution in [0.5, 0.6) is 0 Å². The van der Waals surface area contributed by atoms with Crippen LogP contribution in [0.1, 0.15) is 28.4 Å². The lowest BCUT2D eigenvalue weighted by Gasteiger charge is -2.17. The zero-order valence-corrected chi connectivity index (χ0v) is 11.7. The molecule has 0 aliphatic carbocycles. The second-order valence-corrected chi connectivity index (χ2v) is 5.17. The maximum Gasteiger partial charge on any atom is 0.106 e. The van der Waals surface area contributed by atoms with Gasteiger partial charge in [-0.1, -0.05) is 36.4 Å². The lowest BCUT2D eigenvalue weighted by molar-refractivity contribution is 0.218. The monoisotopic (exact) mass is 263 g/mol. The molecule has 0 spiro atoms. The minimum atomic E-state index is -0.631. The van der Waals surface area contributed by atoms with E-state index in [2.05, 4.69) is 4.98 Å². The topological polar surface area (TPSA) is 33.1 Å². The summed E-state index contributed by atoms with van der Waals surface area (Å²) in [5.41, 5.74) is 4.96. The van der Waals surface area contributed by atoms with Crippen molar-refractivity contribution < 1.29 is 5.11 Å². The fraction of sp³-hybridized carbons (Fsp3) is 0.167. The molecule has 20 heavy (non-hydrogen) atoms. The molecule has 1 heterocycles. The number of pyridine rings is 1. The summed E-state index contributed by atoms with van der Waals surface area (Å²) in [7, 11) is 0. The van der Waals surface area contributed by atoms with Crippen molar-refractivity contribution in [2.45, 2.75) is 20.0 Å². The van der Waals surface area contributed by atoms with Gasteiger partial charge in [-0.3, -0.25) is 4.98 Å². The van der Waals surface area contributed by atoms with Gasteiger partial charge < -0.3 is 5.11 Å². The van der Waals surface area contributed by atoms with Crippen LogP contribution in [0, 0.1) is 13.8 Å². The standard InChI is InChI=1S/C18H17NO/c1-12-6-5-7-13(2)17(12)18(20)15-10-14-8-3-4-9-16(14)19-11-15/h3-11,18,20H,1-2H3. The van der Waals surface area contributed by atoms with Crippen LogP contribution in [-0.4, -0.2) is 10.1 Å². The van der Waals surface area contributed by atoms with Crippen molar-refractivity contribution in [1.82, 2.24) is 4.98 Å². The van der Waals surface area contributed by atoms with Gasteiger partial charge in [-0.2, -0.15) is 0 Å². The number of para-hydroxylation sites is 1. The van der Waals surface area contributed by atoms with Gasteiger partial charge in [0.2, 0.25) is 0 Å². The van der Waals surface area contributed by atoms with Gasteiger partial charge in [0.15, 0.2) is 0 Å². The number of fused-ring (bicyclic) bond motifs is 1. The number of hydrogen-bond acceptors (Lipinski definition) is 2. The number of rotatable bonds is 2. The average Bonchev–Trinajstić information content (AvgIpc) is 2.46. The molecule has 2 aromatic carbocycles. The maximum atomic E-state index is 10.7. The van der Waals surface area contributed by atoms with Crippen LogP contribution in [0.2, 0.25) is 0 Å². The van der Waals surface area contributed by atoms with E-state index in [0.29, 0.717) is 0 Å². The zero-order chi connectivity index (χ0) is 14.1. The molecule has 3 aromatic rings. The van der Waals surface area contributed by atoms with E-state index in [1.165, 1.54) is 0 Å². The number of aliphatic hydroxyl groups excluding tert-OH is 1. The fourth-order valence-corrected chi connectivity index (χ4v) is 2.66. The molecule has 0 bridgehead atoms. The highest BCUT2D eigenvalue weighted by Gasteiger charge is 2.15. The summed E-state index contributed by atoms with van der Waals surface area (Å²) in [5, 5.41) is 11.7. The second kappa shape index (κ2) is 5.06. The van der Waals surface area contributed by atoms with Crippen molar-refractivity contribution in [3.05, 3.63) is 77.0 Å². The summed E-state index contributed by atoms with van der Waals surface area (Å²) in [6.07, 6.45) is 1.13. The van der Waals surface area contributed by atoms with Gasteiger partial charge in [0.25, 0.3) is 0 Å². The van der Waals surface area contributed by atoms with Gasteiger partial charge in [-0.15, -0.1) is 0 Å². The van der Waals surface area contributed by atoms with Crippen molar-refractivity contribution >= 4 is 10.9 Å². The fourth-order valence-electron chi connectivity index (χ4n) is 2.66. The van der Waals surface area contributed by atoms with Gasteiger partial charge in [-0.05, 0) is 42.7 Å². The Labute approximate surface area is 118 Å². The Hall–Kier alpha value is -2.19. The van der Waals surface area contributed by atoms with Crippen molar-refractivity contribution in [2.24, 2.45) is 0 Å². The maximum absolute atomic E-state index is 10.7. The Morgan fingerprint density at radius 2 is 1.65 bits per heavy atom. The Bertz CT molecular complexity index is 744. The smallest absolute Gasteiger partial charge is 0.106 e. The van der Waals surface area contributed by atoms with E-state index < -0.39 is 6.10 Å². The molecule has 0 saturated heterocycles. The van der Waals surface area contributed by atoms with Crippen LogP contribution >= 0.6 is 0 Å². The molecule has 0 aliphatic heterocycles. The van der Waals surface area contributed by atoms with E-state index in [4.69, 9.17) is 0 Å². The van der Waals surface area contributed by atoms with E-state index in [9.17, 15) is 5.11 Å². The molecule has 1 N–H and O–H groups in total. The largest absolute Gasteiger partial charge is 0.384 e. The van der Waals surface area contributed by atoms with Crippen molar-refractivity contribution in [2.75, 3.05) is 0 Å². The molecule has 2 heteroatoms. The van der Waals surface area contributed by atoms with Crippen molar-refractivity contribution in [3.8, 4) is 0 Å². The van der Waals surface area contributed by atoms with Gasteiger partial charge >= 0.3 is 0 Å². The molecule has 100 valence electrons. The van der Waals surface area contributed by atoms with E-state index >= 15 is 0 Å². The summed E-state index contributed by atoms with van der Waals surface area (Å²) in [5.74, 6) is 0. The molecule has 0 aliphatic rings. The SMILES string of the molecule is Cc1cccc(C)c1C(O)c1cnc2ccccc2c1. The van der Waals surface area contributed by atoms with Crippen molar-refractivity contribution in [3.63, 3.8) is 0 Å². The molecule has 2 nitrogen and oxygen atoms in total. The van der Waals surface area contributed by atoms with Gasteiger partial charge in [0.05, 0.1) is 5.52 Å². The first kappa shape index (κ1) is 12.8. The summed E-state index contributed by atoms with van der Waals surface area (Å²) >= 11 is 0. The predicted molar refractivity (Wildman–Crippen MR) is 81.7 cm³/mol. The van der Waals surface area contributed by atoms with Gasteiger partial charge in [0.1, 0.15) is 6.10 Å². The highest BCUT2D eigenvalue weighted by atomic mass is 16.3. The molecule has 0 amide bonds. The summed E-state index contributed by atoms with van der Waals surface area (Å²) in [6.45, 7) is 4.06. The first-order valence-electron chi connectivity index (χ1n) is 6.75. The highest BCUT2D eigenvalue weighted by molar-refractivity contribution is 5.78. The minimum absolute atomic E-state index is 0.631. The predicted octanol–water partition coefficient (Wildman–Crippen LogP) is 3.93. The number of aromatic nitrogens is 1. The molecule has 1 atom stereocenters. The molecular weight excluding hydrogens is 246 g/mol. The quantitative estimate of drug-likeness (QED) is 0.760. The van der Waals surface area contributed by atoms with Crippen LogP contribution in [0.4, 0.5) is 0 Å². The first-order valence-corrected chi connectivity index (χ1v) is 6.75. The molecule has 1 unspecified atom stereocenters. The van der Waals surface area contributed by atoms with Crippen LogP contribution in [0.25, 0.3) is 10.9 Å². The number of aryl methyl sites for hydroxylation is 2. The molecule has 0 radical (unpaired) electrons. The van der Waals surface area contributed by atoms with Crippen LogP contribution in [-0.2, 0) is 0 Å². The summed E-state index contributed by atoms with van der Waals surface area (Å²) in [6, 6.07) is 16.0. The number of nitrogens with zero attached hydrogens (tertiary/aromatic N) is 1. The Morgan fingerprint density at radius 1 is 0.950 bits per heavy atom. The third-order valence-corrected chi connectivity index (χ3v) is 3.74. The van der Waals surface area contributed by atoms with Crippen LogP contribution in [0.3, 0.4) is 0 Å².